The number of halogens is 1. The van der Waals surface area contributed by atoms with Gasteiger partial charge >= 0.3 is 0 Å². The molecule has 1 atom stereocenters. The summed E-state index contributed by atoms with van der Waals surface area (Å²) in [6.07, 6.45) is 3.43. The molecule has 0 aromatic heterocycles. The fourth-order valence-electron chi connectivity index (χ4n) is 1.69. The summed E-state index contributed by atoms with van der Waals surface area (Å²) in [5, 5.41) is 9.93. The minimum atomic E-state index is -0.231. The highest BCUT2D eigenvalue weighted by molar-refractivity contribution is 14.1. The van der Waals surface area contributed by atoms with Crippen LogP contribution in [0.15, 0.2) is 24.3 Å². The van der Waals surface area contributed by atoms with E-state index in [2.05, 4.69) is 34.7 Å². The first kappa shape index (κ1) is 9.46. The number of aliphatic hydroxyl groups is 1. The van der Waals surface area contributed by atoms with Crippen LogP contribution in [0.1, 0.15) is 30.9 Å². The van der Waals surface area contributed by atoms with Crippen LogP contribution in [-0.2, 0) is 0 Å². The van der Waals surface area contributed by atoms with Crippen LogP contribution < -0.4 is 0 Å². The van der Waals surface area contributed by atoms with Gasteiger partial charge in [0.05, 0.1) is 6.10 Å². The van der Waals surface area contributed by atoms with Crippen LogP contribution in [0.3, 0.4) is 0 Å². The van der Waals surface area contributed by atoms with E-state index in [1.807, 2.05) is 12.1 Å². The van der Waals surface area contributed by atoms with Crippen molar-refractivity contribution in [3.63, 3.8) is 0 Å². The van der Waals surface area contributed by atoms with Gasteiger partial charge in [0.2, 0.25) is 0 Å². The van der Waals surface area contributed by atoms with Crippen molar-refractivity contribution in [2.24, 2.45) is 5.92 Å². The quantitative estimate of drug-likeness (QED) is 0.829. The SMILES string of the molecule is OC(c1ccc(I)cc1)C1CCC1. The molecule has 0 amide bonds. The van der Waals surface area contributed by atoms with Crippen molar-refractivity contribution in [1.82, 2.24) is 0 Å². The molecular weight excluding hydrogens is 275 g/mol. The van der Waals surface area contributed by atoms with Crippen LogP contribution in [0.2, 0.25) is 0 Å². The largest absolute Gasteiger partial charge is 0.388 e. The van der Waals surface area contributed by atoms with Crippen LogP contribution in [-0.4, -0.2) is 5.11 Å². The summed E-state index contributed by atoms with van der Waals surface area (Å²) < 4.78 is 1.22. The molecule has 2 heteroatoms. The Balaban J connectivity index is 2.10. The molecule has 70 valence electrons. The highest BCUT2D eigenvalue weighted by Gasteiger charge is 2.26. The summed E-state index contributed by atoms with van der Waals surface area (Å²) in [6, 6.07) is 8.17. The average molecular weight is 288 g/mol. The Labute approximate surface area is 92.3 Å². The molecule has 1 saturated carbocycles. The summed E-state index contributed by atoms with van der Waals surface area (Å²) in [6.45, 7) is 0. The molecule has 1 aliphatic rings. The molecule has 0 spiro atoms. The lowest BCUT2D eigenvalue weighted by Gasteiger charge is -2.30. The smallest absolute Gasteiger partial charge is 0.0818 e. The first-order valence-electron chi connectivity index (χ1n) is 4.71. The lowest BCUT2D eigenvalue weighted by atomic mass is 9.79. The Morgan fingerprint density at radius 3 is 2.31 bits per heavy atom. The van der Waals surface area contributed by atoms with Gasteiger partial charge in [-0.05, 0) is 59.0 Å². The summed E-state index contributed by atoms with van der Waals surface area (Å²) in [5.74, 6) is 0.514. The summed E-state index contributed by atoms with van der Waals surface area (Å²) in [4.78, 5) is 0. The molecule has 1 nitrogen and oxygen atoms in total. The Morgan fingerprint density at radius 1 is 1.23 bits per heavy atom. The zero-order chi connectivity index (χ0) is 9.26. The van der Waals surface area contributed by atoms with E-state index < -0.39 is 0 Å². The van der Waals surface area contributed by atoms with Gasteiger partial charge in [0.1, 0.15) is 0 Å². The Hall–Kier alpha value is -0.0900. The maximum absolute atomic E-state index is 9.93. The summed E-state index contributed by atoms with van der Waals surface area (Å²) in [7, 11) is 0. The average Bonchev–Trinajstić information content (AvgIpc) is 2.02. The van der Waals surface area contributed by atoms with E-state index >= 15 is 0 Å². The molecule has 0 saturated heterocycles. The number of aliphatic hydroxyl groups excluding tert-OH is 1. The molecule has 13 heavy (non-hydrogen) atoms. The lowest BCUT2D eigenvalue weighted by Crippen LogP contribution is -2.19. The molecule has 1 unspecified atom stereocenters. The maximum atomic E-state index is 9.93. The second-order valence-electron chi connectivity index (χ2n) is 3.69. The van der Waals surface area contributed by atoms with E-state index in [-0.39, 0.29) is 6.10 Å². The van der Waals surface area contributed by atoms with Gasteiger partial charge in [-0.3, -0.25) is 0 Å². The third-order valence-corrected chi connectivity index (χ3v) is 3.53. The van der Waals surface area contributed by atoms with Crippen molar-refractivity contribution in [1.29, 1.82) is 0 Å². The highest BCUT2D eigenvalue weighted by atomic mass is 127. The van der Waals surface area contributed by atoms with Gasteiger partial charge in [0.25, 0.3) is 0 Å². The van der Waals surface area contributed by atoms with E-state index in [0.29, 0.717) is 5.92 Å². The molecule has 1 aromatic carbocycles. The monoisotopic (exact) mass is 288 g/mol. The van der Waals surface area contributed by atoms with E-state index in [4.69, 9.17) is 0 Å². The fraction of sp³-hybridized carbons (Fsp3) is 0.455. The lowest BCUT2D eigenvalue weighted by molar-refractivity contribution is 0.0621. The van der Waals surface area contributed by atoms with Crippen molar-refractivity contribution in [2.45, 2.75) is 25.4 Å². The van der Waals surface area contributed by atoms with Crippen molar-refractivity contribution >= 4 is 22.6 Å². The highest BCUT2D eigenvalue weighted by Crippen LogP contribution is 2.37. The third-order valence-electron chi connectivity index (χ3n) is 2.81. The minimum Gasteiger partial charge on any atom is -0.388 e. The van der Waals surface area contributed by atoms with E-state index in [0.717, 1.165) is 5.56 Å². The van der Waals surface area contributed by atoms with E-state index in [9.17, 15) is 5.11 Å². The predicted octanol–water partition coefficient (Wildman–Crippen LogP) is 3.12. The topological polar surface area (TPSA) is 20.2 Å². The Bertz CT molecular complexity index is 277. The first-order chi connectivity index (χ1) is 6.27. The Kier molecular flexibility index (Phi) is 2.89. The van der Waals surface area contributed by atoms with E-state index in [1.54, 1.807) is 0 Å². The van der Waals surface area contributed by atoms with Gasteiger partial charge < -0.3 is 5.11 Å². The second kappa shape index (κ2) is 3.96. The van der Waals surface area contributed by atoms with Crippen LogP contribution in [0, 0.1) is 9.49 Å². The maximum Gasteiger partial charge on any atom is 0.0818 e. The van der Waals surface area contributed by atoms with Crippen molar-refractivity contribution in [3.05, 3.63) is 33.4 Å². The molecule has 0 radical (unpaired) electrons. The minimum absolute atomic E-state index is 0.231. The molecule has 0 aliphatic heterocycles. The molecule has 1 fully saturated rings. The second-order valence-corrected chi connectivity index (χ2v) is 4.93. The molecule has 0 heterocycles. The molecule has 1 aromatic rings. The third kappa shape index (κ3) is 2.05. The van der Waals surface area contributed by atoms with Crippen LogP contribution in [0.5, 0.6) is 0 Å². The summed E-state index contributed by atoms with van der Waals surface area (Å²) >= 11 is 2.28. The van der Waals surface area contributed by atoms with Crippen LogP contribution in [0.4, 0.5) is 0 Å². The van der Waals surface area contributed by atoms with Crippen molar-refractivity contribution in [2.75, 3.05) is 0 Å². The van der Waals surface area contributed by atoms with Gasteiger partial charge in [-0.2, -0.15) is 0 Å². The van der Waals surface area contributed by atoms with E-state index in [1.165, 1.54) is 22.8 Å². The summed E-state index contributed by atoms with van der Waals surface area (Å²) in [5.41, 5.74) is 1.07. The zero-order valence-electron chi connectivity index (χ0n) is 7.41. The van der Waals surface area contributed by atoms with Crippen LogP contribution in [0.25, 0.3) is 0 Å². The van der Waals surface area contributed by atoms with Crippen molar-refractivity contribution in [3.8, 4) is 0 Å². The van der Waals surface area contributed by atoms with Gasteiger partial charge in [-0.25, -0.2) is 0 Å². The molecular formula is C11H13IO. The normalized spacial score (nSPS) is 19.5. The first-order valence-corrected chi connectivity index (χ1v) is 5.79. The van der Waals surface area contributed by atoms with Gasteiger partial charge in [-0.15, -0.1) is 0 Å². The molecule has 2 rings (SSSR count). The molecule has 1 aliphatic carbocycles. The van der Waals surface area contributed by atoms with Gasteiger partial charge in [0.15, 0.2) is 0 Å². The molecule has 1 N–H and O–H groups in total. The standard InChI is InChI=1S/C11H13IO/c12-10-6-4-9(5-7-10)11(13)8-2-1-3-8/h4-8,11,13H,1-3H2. The zero-order valence-corrected chi connectivity index (χ0v) is 9.57. The predicted molar refractivity (Wildman–Crippen MR) is 61.5 cm³/mol. The van der Waals surface area contributed by atoms with Crippen LogP contribution >= 0.6 is 22.6 Å². The van der Waals surface area contributed by atoms with Crippen molar-refractivity contribution < 1.29 is 5.11 Å². The fourth-order valence-corrected chi connectivity index (χ4v) is 2.05. The number of rotatable bonds is 2. The Morgan fingerprint density at radius 2 is 1.85 bits per heavy atom. The van der Waals surface area contributed by atoms with Gasteiger partial charge in [-0.1, -0.05) is 18.6 Å². The number of hydrogen-bond donors (Lipinski definition) is 1. The molecule has 0 bridgehead atoms. The number of hydrogen-bond acceptors (Lipinski definition) is 1. The number of benzene rings is 1. The van der Waals surface area contributed by atoms with Gasteiger partial charge in [0, 0.05) is 3.57 Å².